The Morgan fingerprint density at radius 1 is 1.03 bits per heavy atom. The van der Waals surface area contributed by atoms with E-state index >= 15 is 0 Å². The Labute approximate surface area is 179 Å². The van der Waals surface area contributed by atoms with Gasteiger partial charge in [0.25, 0.3) is 0 Å². The zero-order valence-corrected chi connectivity index (χ0v) is 17.9. The average Bonchev–Trinajstić information content (AvgIpc) is 3.45. The van der Waals surface area contributed by atoms with E-state index in [4.69, 9.17) is 9.15 Å². The second-order valence-corrected chi connectivity index (χ2v) is 9.28. The first-order chi connectivity index (χ1) is 14.6. The van der Waals surface area contributed by atoms with Gasteiger partial charge in [0.05, 0.1) is 16.9 Å². The lowest BCUT2D eigenvalue weighted by atomic mass is 10.1. The molecule has 1 N–H and O–H groups in total. The number of ether oxygens (including phenoxy) is 1. The van der Waals surface area contributed by atoms with Gasteiger partial charge < -0.3 is 14.5 Å². The number of hydrogen-bond donors (Lipinski definition) is 1. The number of nitrogens with one attached hydrogen (secondary N) is 1. The molecule has 4 rings (SSSR count). The van der Waals surface area contributed by atoms with Crippen molar-refractivity contribution in [1.82, 2.24) is 4.98 Å². The van der Waals surface area contributed by atoms with Crippen LogP contribution in [0, 0.1) is 0 Å². The summed E-state index contributed by atoms with van der Waals surface area (Å²) in [5.41, 5.74) is 1.09. The molecule has 0 aliphatic heterocycles. The third-order valence-electron chi connectivity index (χ3n) is 4.49. The van der Waals surface area contributed by atoms with Crippen LogP contribution in [0.2, 0.25) is 0 Å². The van der Waals surface area contributed by atoms with Gasteiger partial charge in [-0.15, -0.1) is 11.3 Å². The molecule has 0 bridgehead atoms. The molecule has 0 radical (unpaired) electrons. The van der Waals surface area contributed by atoms with Gasteiger partial charge in [-0.1, -0.05) is 36.4 Å². The quantitative estimate of drug-likeness (QED) is 0.420. The molecule has 4 aromatic rings. The van der Waals surface area contributed by atoms with Crippen LogP contribution in [0.3, 0.4) is 0 Å². The van der Waals surface area contributed by atoms with Gasteiger partial charge in [-0.2, -0.15) is 4.98 Å². The van der Waals surface area contributed by atoms with Crippen LogP contribution in [0.15, 0.2) is 86.4 Å². The number of thiophene rings is 1. The van der Waals surface area contributed by atoms with Gasteiger partial charge in [0, 0.05) is 6.54 Å². The van der Waals surface area contributed by atoms with Crippen LogP contribution in [0.4, 0.5) is 5.88 Å². The van der Waals surface area contributed by atoms with Crippen LogP contribution in [0.5, 0.6) is 5.75 Å². The molecule has 2 heterocycles. The summed E-state index contributed by atoms with van der Waals surface area (Å²) in [6.07, 6.45) is 0.684. The Morgan fingerprint density at radius 3 is 2.47 bits per heavy atom. The highest BCUT2D eigenvalue weighted by Gasteiger charge is 2.28. The number of sulfone groups is 1. The van der Waals surface area contributed by atoms with Crippen molar-refractivity contribution >= 4 is 27.1 Å². The van der Waals surface area contributed by atoms with Crippen LogP contribution >= 0.6 is 11.3 Å². The molecule has 0 aliphatic rings. The molecule has 8 heteroatoms. The van der Waals surface area contributed by atoms with E-state index in [1.807, 2.05) is 41.8 Å². The number of methoxy groups -OCH3 is 1. The van der Waals surface area contributed by atoms with Crippen LogP contribution in [-0.2, 0) is 16.3 Å². The largest absolute Gasteiger partial charge is 0.497 e. The lowest BCUT2D eigenvalue weighted by molar-refractivity contribution is 0.414. The van der Waals surface area contributed by atoms with Crippen LogP contribution in [0.25, 0.3) is 10.8 Å². The number of aromatic nitrogens is 1. The van der Waals surface area contributed by atoms with E-state index in [1.165, 1.54) is 11.3 Å². The maximum atomic E-state index is 13.2. The molecule has 154 valence electrons. The predicted octanol–water partition coefficient (Wildman–Crippen LogP) is 4.90. The van der Waals surface area contributed by atoms with Crippen molar-refractivity contribution in [3.63, 3.8) is 0 Å². The summed E-state index contributed by atoms with van der Waals surface area (Å²) >= 11 is 1.44. The topological polar surface area (TPSA) is 81.4 Å². The smallest absolute Gasteiger partial charge is 0.240 e. The summed E-state index contributed by atoms with van der Waals surface area (Å²) in [6.45, 7) is 0.489. The van der Waals surface area contributed by atoms with E-state index in [-0.39, 0.29) is 21.7 Å². The molecule has 0 amide bonds. The number of hydrogen-bond acceptors (Lipinski definition) is 7. The normalized spacial score (nSPS) is 11.4. The summed E-state index contributed by atoms with van der Waals surface area (Å²) in [4.78, 5) is 5.27. The minimum atomic E-state index is -3.82. The van der Waals surface area contributed by atoms with Crippen molar-refractivity contribution in [3.05, 3.63) is 77.7 Å². The maximum Gasteiger partial charge on any atom is 0.240 e. The highest BCUT2D eigenvalue weighted by Crippen LogP contribution is 2.33. The molecule has 2 aromatic heterocycles. The van der Waals surface area contributed by atoms with Crippen molar-refractivity contribution in [3.8, 4) is 16.5 Å². The van der Waals surface area contributed by atoms with Crippen LogP contribution in [-0.4, -0.2) is 27.1 Å². The lowest BCUT2D eigenvalue weighted by Gasteiger charge is -2.07. The Balaban J connectivity index is 1.61. The minimum Gasteiger partial charge on any atom is -0.497 e. The Bertz CT molecular complexity index is 1200. The fourth-order valence-electron chi connectivity index (χ4n) is 2.93. The Hall–Kier alpha value is -3.10. The predicted molar refractivity (Wildman–Crippen MR) is 117 cm³/mol. The van der Waals surface area contributed by atoms with E-state index in [9.17, 15) is 8.42 Å². The van der Waals surface area contributed by atoms with Gasteiger partial charge >= 0.3 is 0 Å². The third kappa shape index (κ3) is 4.24. The number of anilines is 1. The van der Waals surface area contributed by atoms with Crippen molar-refractivity contribution in [2.75, 3.05) is 19.0 Å². The van der Waals surface area contributed by atoms with Gasteiger partial charge in [-0.3, -0.25) is 0 Å². The maximum absolute atomic E-state index is 13.2. The van der Waals surface area contributed by atoms with Gasteiger partial charge in [-0.05, 0) is 47.7 Å². The van der Waals surface area contributed by atoms with Crippen molar-refractivity contribution in [1.29, 1.82) is 0 Å². The molecule has 0 unspecified atom stereocenters. The number of oxazole rings is 1. The zero-order valence-electron chi connectivity index (χ0n) is 16.2. The zero-order chi connectivity index (χ0) is 21.0. The number of rotatable bonds is 8. The van der Waals surface area contributed by atoms with E-state index in [2.05, 4.69) is 10.3 Å². The van der Waals surface area contributed by atoms with E-state index in [1.54, 1.807) is 37.4 Å². The highest BCUT2D eigenvalue weighted by atomic mass is 32.2. The number of nitrogens with zero attached hydrogens (tertiary/aromatic N) is 1. The summed E-state index contributed by atoms with van der Waals surface area (Å²) < 4.78 is 37.3. The molecule has 2 aromatic carbocycles. The molecule has 0 fully saturated rings. The molecule has 30 heavy (non-hydrogen) atoms. The first-order valence-corrected chi connectivity index (χ1v) is 11.7. The molecule has 0 atom stereocenters. The van der Waals surface area contributed by atoms with Gasteiger partial charge in [0.2, 0.25) is 26.6 Å². The standard InChI is InChI=1S/C22H20N2O4S2/c1-27-17-11-9-16(10-12-17)13-14-23-21-22(24-20(28-21)19-8-5-15-29-19)30(25,26)18-6-3-2-4-7-18/h2-12,15,23H,13-14H2,1H3. The van der Waals surface area contributed by atoms with Crippen LogP contribution in [0.1, 0.15) is 5.56 Å². The van der Waals surface area contributed by atoms with Crippen molar-refractivity contribution in [2.45, 2.75) is 16.3 Å². The molecule has 0 saturated heterocycles. The highest BCUT2D eigenvalue weighted by molar-refractivity contribution is 7.91. The van der Waals surface area contributed by atoms with E-state index < -0.39 is 9.84 Å². The molecular formula is C22H20N2O4S2. The Morgan fingerprint density at radius 2 is 1.80 bits per heavy atom. The first kappa shape index (κ1) is 20.2. The molecule has 0 spiro atoms. The third-order valence-corrected chi connectivity index (χ3v) is 7.03. The van der Waals surface area contributed by atoms with E-state index in [0.29, 0.717) is 13.0 Å². The molecular weight excluding hydrogens is 420 g/mol. The summed E-state index contributed by atoms with van der Waals surface area (Å²) in [6, 6.07) is 19.7. The van der Waals surface area contributed by atoms with Gasteiger partial charge in [-0.25, -0.2) is 8.42 Å². The van der Waals surface area contributed by atoms with E-state index in [0.717, 1.165) is 16.2 Å². The average molecular weight is 441 g/mol. The lowest BCUT2D eigenvalue weighted by Crippen LogP contribution is -2.09. The summed E-state index contributed by atoms with van der Waals surface area (Å²) in [5.74, 6) is 1.22. The van der Waals surface area contributed by atoms with Crippen LogP contribution < -0.4 is 10.1 Å². The second-order valence-electron chi connectivity index (χ2n) is 6.47. The second kappa shape index (κ2) is 8.73. The van der Waals surface area contributed by atoms with Gasteiger partial charge in [0.1, 0.15) is 5.75 Å². The fraction of sp³-hybridized carbons (Fsp3) is 0.136. The molecule has 6 nitrogen and oxygen atoms in total. The first-order valence-electron chi connectivity index (χ1n) is 9.29. The number of benzene rings is 2. The van der Waals surface area contributed by atoms with Crippen molar-refractivity contribution < 1.29 is 17.6 Å². The monoisotopic (exact) mass is 440 g/mol. The SMILES string of the molecule is COc1ccc(CCNc2oc(-c3cccs3)nc2S(=O)(=O)c2ccccc2)cc1. The van der Waals surface area contributed by atoms with Gasteiger partial charge in [0.15, 0.2) is 0 Å². The minimum absolute atomic E-state index is 0.105. The van der Waals surface area contributed by atoms with Crippen molar-refractivity contribution in [2.24, 2.45) is 0 Å². The Kier molecular flexibility index (Phi) is 5.87. The summed E-state index contributed by atoms with van der Waals surface area (Å²) in [7, 11) is -2.20. The molecule has 0 aliphatic carbocycles. The molecule has 0 saturated carbocycles. The summed E-state index contributed by atoms with van der Waals surface area (Å²) in [5, 5.41) is 4.90. The fourth-order valence-corrected chi connectivity index (χ4v) is 4.88.